The van der Waals surface area contributed by atoms with Crippen LogP contribution in [0.25, 0.3) is 0 Å². The summed E-state index contributed by atoms with van der Waals surface area (Å²) in [6.07, 6.45) is 4.90. The molecule has 1 aliphatic rings. The molecule has 1 saturated heterocycles. The maximum atomic E-state index is 11.7. The summed E-state index contributed by atoms with van der Waals surface area (Å²) in [6.45, 7) is 3.30. The van der Waals surface area contributed by atoms with Crippen molar-refractivity contribution in [3.63, 3.8) is 0 Å². The normalized spacial score (nSPS) is 25.5. The number of alkyl halides is 1. The topological polar surface area (TPSA) is 38.3 Å². The minimum Gasteiger partial charge on any atom is -0.365 e. The fourth-order valence-electron chi connectivity index (χ4n) is 1.74. The second-order valence-corrected chi connectivity index (χ2v) is 4.57. The molecule has 1 rings (SSSR count). The van der Waals surface area contributed by atoms with Crippen molar-refractivity contribution in [2.24, 2.45) is 0 Å². The number of nitrogens with one attached hydrogen (secondary N) is 1. The Morgan fingerprint density at radius 1 is 1.47 bits per heavy atom. The van der Waals surface area contributed by atoms with Crippen LogP contribution < -0.4 is 5.32 Å². The number of hydrogen-bond donors (Lipinski definition) is 1. The van der Waals surface area contributed by atoms with Gasteiger partial charge < -0.3 is 10.1 Å². The highest BCUT2D eigenvalue weighted by Crippen LogP contribution is 2.24. The van der Waals surface area contributed by atoms with E-state index in [-0.39, 0.29) is 5.91 Å². The maximum Gasteiger partial charge on any atom is 0.251 e. The monoisotopic (exact) mass is 233 g/mol. The van der Waals surface area contributed by atoms with Crippen LogP contribution in [0.4, 0.5) is 0 Å². The molecule has 0 aromatic heterocycles. The minimum absolute atomic E-state index is 0.0332. The number of amides is 1. The number of ether oxygens (including phenoxy) is 1. The van der Waals surface area contributed by atoms with Crippen molar-refractivity contribution in [3.8, 4) is 0 Å². The molecule has 88 valence electrons. The third-order valence-electron chi connectivity index (χ3n) is 2.80. The van der Waals surface area contributed by atoms with E-state index in [0.29, 0.717) is 12.5 Å². The molecule has 3 nitrogen and oxygen atoms in total. The van der Waals surface area contributed by atoms with E-state index < -0.39 is 5.60 Å². The number of carbonyl (C=O) groups is 1. The van der Waals surface area contributed by atoms with Gasteiger partial charge in [-0.05, 0) is 32.6 Å². The third-order valence-corrected chi connectivity index (χ3v) is 3.06. The second-order valence-electron chi connectivity index (χ2n) is 4.19. The smallest absolute Gasteiger partial charge is 0.251 e. The van der Waals surface area contributed by atoms with E-state index in [1.54, 1.807) is 0 Å². The third kappa shape index (κ3) is 3.99. The lowest BCUT2D eigenvalue weighted by molar-refractivity contribution is -0.139. The molecule has 0 saturated carbocycles. The van der Waals surface area contributed by atoms with Crippen molar-refractivity contribution in [3.05, 3.63) is 0 Å². The molecule has 1 atom stereocenters. The molecule has 0 spiro atoms. The van der Waals surface area contributed by atoms with Gasteiger partial charge in [-0.3, -0.25) is 4.79 Å². The molecule has 1 fully saturated rings. The van der Waals surface area contributed by atoms with Crippen molar-refractivity contribution in [2.75, 3.05) is 19.0 Å². The summed E-state index contributed by atoms with van der Waals surface area (Å²) < 4.78 is 5.45. The van der Waals surface area contributed by atoms with E-state index in [2.05, 4.69) is 5.32 Å². The standard InChI is InChI=1S/C11H20ClNO2/c1-11(6-5-9-15-11)10(14)13-8-4-2-3-7-12/h2-9H2,1H3,(H,13,14). The fourth-order valence-corrected chi connectivity index (χ4v) is 1.93. The number of rotatable bonds is 6. The first-order valence-corrected chi connectivity index (χ1v) is 6.21. The van der Waals surface area contributed by atoms with Crippen molar-refractivity contribution >= 4 is 17.5 Å². The number of hydrogen-bond acceptors (Lipinski definition) is 2. The molecule has 1 aliphatic heterocycles. The lowest BCUT2D eigenvalue weighted by Crippen LogP contribution is -2.44. The van der Waals surface area contributed by atoms with Crippen molar-refractivity contribution in [1.29, 1.82) is 0 Å². The SMILES string of the molecule is CC1(C(=O)NCCCCCCl)CCCO1. The van der Waals surface area contributed by atoms with Crippen LogP contribution in [0.5, 0.6) is 0 Å². The largest absolute Gasteiger partial charge is 0.365 e. The molecule has 0 aromatic rings. The Kier molecular flexibility index (Phi) is 5.40. The van der Waals surface area contributed by atoms with Gasteiger partial charge in [0.15, 0.2) is 0 Å². The second kappa shape index (κ2) is 6.33. The first-order chi connectivity index (χ1) is 7.19. The van der Waals surface area contributed by atoms with Gasteiger partial charge in [-0.15, -0.1) is 11.6 Å². The Labute approximate surface area is 96.5 Å². The summed E-state index contributed by atoms with van der Waals surface area (Å²) in [4.78, 5) is 11.7. The first-order valence-electron chi connectivity index (χ1n) is 5.67. The van der Waals surface area contributed by atoms with Crippen LogP contribution >= 0.6 is 11.6 Å². The van der Waals surface area contributed by atoms with E-state index in [0.717, 1.165) is 38.6 Å². The van der Waals surface area contributed by atoms with E-state index in [1.165, 1.54) is 0 Å². The van der Waals surface area contributed by atoms with Gasteiger partial charge in [0.25, 0.3) is 5.91 Å². The van der Waals surface area contributed by atoms with E-state index in [4.69, 9.17) is 16.3 Å². The maximum absolute atomic E-state index is 11.7. The minimum atomic E-state index is -0.577. The van der Waals surface area contributed by atoms with Gasteiger partial charge in [0, 0.05) is 19.0 Å². The van der Waals surface area contributed by atoms with Crippen LogP contribution in [0.2, 0.25) is 0 Å². The van der Waals surface area contributed by atoms with Crippen molar-refractivity contribution in [2.45, 2.75) is 44.6 Å². The number of halogens is 1. The van der Waals surface area contributed by atoms with E-state index in [1.807, 2.05) is 6.92 Å². The Bertz CT molecular complexity index is 203. The first kappa shape index (κ1) is 12.8. The predicted octanol–water partition coefficient (Wildman–Crippen LogP) is 2.08. The predicted molar refractivity (Wildman–Crippen MR) is 61.2 cm³/mol. The van der Waals surface area contributed by atoms with Gasteiger partial charge in [-0.25, -0.2) is 0 Å². The van der Waals surface area contributed by atoms with E-state index >= 15 is 0 Å². The zero-order valence-corrected chi connectivity index (χ0v) is 10.1. The molecular formula is C11H20ClNO2. The molecule has 1 heterocycles. The lowest BCUT2D eigenvalue weighted by Gasteiger charge is -2.21. The summed E-state index contributed by atoms with van der Waals surface area (Å²) in [6, 6.07) is 0. The van der Waals surface area contributed by atoms with Gasteiger partial charge in [-0.2, -0.15) is 0 Å². The molecular weight excluding hydrogens is 214 g/mol. The van der Waals surface area contributed by atoms with Crippen LogP contribution in [0.1, 0.15) is 39.0 Å². The van der Waals surface area contributed by atoms with Gasteiger partial charge >= 0.3 is 0 Å². The summed E-state index contributed by atoms with van der Waals surface area (Å²) in [5, 5.41) is 2.92. The van der Waals surface area contributed by atoms with Crippen molar-refractivity contribution in [1.82, 2.24) is 5.32 Å². The van der Waals surface area contributed by atoms with Crippen LogP contribution in [0.15, 0.2) is 0 Å². The summed E-state index contributed by atoms with van der Waals surface area (Å²) in [5.74, 6) is 0.736. The van der Waals surface area contributed by atoms with Crippen molar-refractivity contribution < 1.29 is 9.53 Å². The Balaban J connectivity index is 2.12. The summed E-state index contributed by atoms with van der Waals surface area (Å²) >= 11 is 5.56. The Morgan fingerprint density at radius 2 is 2.27 bits per heavy atom. The molecule has 1 amide bonds. The molecule has 1 unspecified atom stereocenters. The number of unbranched alkanes of at least 4 members (excludes halogenated alkanes) is 2. The number of carbonyl (C=O) groups excluding carboxylic acids is 1. The van der Waals surface area contributed by atoms with Gasteiger partial charge in [0.1, 0.15) is 5.60 Å². The van der Waals surface area contributed by atoms with Gasteiger partial charge in [-0.1, -0.05) is 6.42 Å². The van der Waals surface area contributed by atoms with Gasteiger partial charge in [0.05, 0.1) is 0 Å². The van der Waals surface area contributed by atoms with Crippen LogP contribution in [-0.2, 0) is 9.53 Å². The summed E-state index contributed by atoms with van der Waals surface area (Å²) in [7, 11) is 0. The van der Waals surface area contributed by atoms with Gasteiger partial charge in [0.2, 0.25) is 0 Å². The Morgan fingerprint density at radius 3 is 2.87 bits per heavy atom. The Hall–Kier alpha value is -0.280. The summed E-state index contributed by atoms with van der Waals surface area (Å²) in [5.41, 5.74) is -0.577. The zero-order valence-electron chi connectivity index (χ0n) is 9.35. The quantitative estimate of drug-likeness (QED) is 0.564. The highest BCUT2D eigenvalue weighted by molar-refractivity contribution is 6.17. The van der Waals surface area contributed by atoms with Crippen LogP contribution in [0, 0.1) is 0 Å². The highest BCUT2D eigenvalue weighted by atomic mass is 35.5. The molecule has 0 bridgehead atoms. The zero-order chi connectivity index (χ0) is 11.1. The fraction of sp³-hybridized carbons (Fsp3) is 0.909. The van der Waals surface area contributed by atoms with E-state index in [9.17, 15) is 4.79 Å². The average Bonchev–Trinajstić information content (AvgIpc) is 2.66. The average molecular weight is 234 g/mol. The lowest BCUT2D eigenvalue weighted by atomic mass is 10.0. The molecule has 15 heavy (non-hydrogen) atoms. The molecule has 0 aliphatic carbocycles. The molecule has 4 heteroatoms. The molecule has 0 radical (unpaired) electrons. The highest BCUT2D eigenvalue weighted by Gasteiger charge is 2.37. The molecule has 0 aromatic carbocycles. The molecule has 1 N–H and O–H groups in total. The van der Waals surface area contributed by atoms with Crippen LogP contribution in [-0.4, -0.2) is 30.5 Å². The van der Waals surface area contributed by atoms with Crippen LogP contribution in [0.3, 0.4) is 0 Å².